The van der Waals surface area contributed by atoms with Crippen LogP contribution in [0.5, 0.6) is 0 Å². The van der Waals surface area contributed by atoms with Crippen molar-refractivity contribution in [2.45, 2.75) is 37.0 Å². The second kappa shape index (κ2) is 6.43. The Balaban J connectivity index is 1.75. The molecule has 2 rings (SSSR count). The Morgan fingerprint density at radius 3 is 2.44 bits per heavy atom. The Hall–Kier alpha value is -0.750. The Morgan fingerprint density at radius 1 is 1.22 bits per heavy atom. The predicted octanol–water partition coefficient (Wildman–Crippen LogP) is 0.547. The third-order valence-electron chi connectivity index (χ3n) is 3.34. The van der Waals surface area contributed by atoms with Crippen molar-refractivity contribution in [3.05, 3.63) is 0 Å². The lowest BCUT2D eigenvalue weighted by Crippen LogP contribution is -2.39. The molecule has 1 saturated carbocycles. The zero-order valence-corrected chi connectivity index (χ0v) is 11.2. The van der Waals surface area contributed by atoms with Crippen LogP contribution < -0.4 is 5.32 Å². The van der Waals surface area contributed by atoms with E-state index in [-0.39, 0.29) is 18.5 Å². The van der Waals surface area contributed by atoms with Gasteiger partial charge in [0.15, 0.2) is 0 Å². The van der Waals surface area contributed by atoms with Crippen LogP contribution in [-0.2, 0) is 9.59 Å². The highest BCUT2D eigenvalue weighted by Crippen LogP contribution is 2.28. The number of hydrogen-bond acceptors (Lipinski definition) is 4. The van der Waals surface area contributed by atoms with Crippen molar-refractivity contribution in [2.75, 3.05) is 25.4 Å². The number of amides is 1. The van der Waals surface area contributed by atoms with Gasteiger partial charge in [0.05, 0.1) is 5.75 Å². The van der Waals surface area contributed by atoms with Crippen molar-refractivity contribution in [2.24, 2.45) is 0 Å². The van der Waals surface area contributed by atoms with Gasteiger partial charge in [-0.15, -0.1) is 11.8 Å². The number of carboxylic acids is 1. The Morgan fingerprint density at radius 2 is 1.89 bits per heavy atom. The molecule has 2 N–H and O–H groups in total. The van der Waals surface area contributed by atoms with E-state index in [2.05, 4.69) is 5.32 Å². The van der Waals surface area contributed by atoms with Gasteiger partial charge in [-0.05, 0) is 38.8 Å². The molecule has 0 unspecified atom stereocenters. The molecule has 1 amide bonds. The summed E-state index contributed by atoms with van der Waals surface area (Å²) in [4.78, 5) is 24.3. The number of piperidine rings is 1. The molecule has 0 spiro atoms. The van der Waals surface area contributed by atoms with Crippen LogP contribution in [0.3, 0.4) is 0 Å². The summed E-state index contributed by atoms with van der Waals surface area (Å²) in [6, 6.07) is 0.183. The zero-order chi connectivity index (χ0) is 13.0. The largest absolute Gasteiger partial charge is 0.480 e. The quantitative estimate of drug-likeness (QED) is 0.739. The summed E-state index contributed by atoms with van der Waals surface area (Å²) in [5.74, 6) is -0.500. The van der Waals surface area contributed by atoms with E-state index in [4.69, 9.17) is 5.11 Å². The van der Waals surface area contributed by atoms with E-state index < -0.39 is 5.97 Å². The highest BCUT2D eigenvalue weighted by molar-refractivity contribution is 8.00. The summed E-state index contributed by atoms with van der Waals surface area (Å²) in [5.41, 5.74) is 0. The van der Waals surface area contributed by atoms with Crippen LogP contribution in [0.25, 0.3) is 0 Å². The number of carbonyl (C=O) groups is 2. The molecule has 1 heterocycles. The van der Waals surface area contributed by atoms with Gasteiger partial charge in [0.1, 0.15) is 6.54 Å². The molecule has 2 aliphatic rings. The van der Waals surface area contributed by atoms with E-state index >= 15 is 0 Å². The van der Waals surface area contributed by atoms with E-state index in [1.807, 2.05) is 0 Å². The number of nitrogens with zero attached hydrogens (tertiary/aromatic N) is 1. The van der Waals surface area contributed by atoms with E-state index in [0.29, 0.717) is 11.0 Å². The molecular weight excluding hydrogens is 252 g/mol. The number of carboxylic acid groups (broad SMARTS) is 1. The lowest BCUT2D eigenvalue weighted by molar-refractivity contribution is -0.143. The smallest absolute Gasteiger partial charge is 0.323 e. The Labute approximate surface area is 111 Å². The minimum absolute atomic E-state index is 0.0107. The van der Waals surface area contributed by atoms with Gasteiger partial charge in [-0.25, -0.2) is 0 Å². The van der Waals surface area contributed by atoms with Crippen LogP contribution in [0.1, 0.15) is 25.7 Å². The average Bonchev–Trinajstić information content (AvgIpc) is 3.18. The first-order valence-corrected chi connectivity index (χ1v) is 7.55. The topological polar surface area (TPSA) is 69.6 Å². The molecule has 1 saturated heterocycles. The second-order valence-electron chi connectivity index (χ2n) is 4.91. The molecule has 5 nitrogen and oxygen atoms in total. The predicted molar refractivity (Wildman–Crippen MR) is 70.7 cm³/mol. The van der Waals surface area contributed by atoms with Gasteiger partial charge in [0.2, 0.25) is 5.91 Å². The molecule has 1 aliphatic carbocycles. The fourth-order valence-corrected chi connectivity index (χ4v) is 3.30. The molecule has 0 radical (unpaired) electrons. The van der Waals surface area contributed by atoms with E-state index in [9.17, 15) is 9.59 Å². The van der Waals surface area contributed by atoms with Crippen LogP contribution >= 0.6 is 11.8 Å². The van der Waals surface area contributed by atoms with Crippen molar-refractivity contribution in [3.63, 3.8) is 0 Å². The second-order valence-corrected chi connectivity index (χ2v) is 6.20. The van der Waals surface area contributed by atoms with Crippen LogP contribution in [0.4, 0.5) is 0 Å². The van der Waals surface area contributed by atoms with E-state index in [1.165, 1.54) is 4.90 Å². The number of thioether (sulfide) groups is 1. The first kappa shape index (κ1) is 13.7. The van der Waals surface area contributed by atoms with Crippen molar-refractivity contribution in [1.29, 1.82) is 0 Å². The molecule has 6 heteroatoms. The van der Waals surface area contributed by atoms with Crippen LogP contribution in [0, 0.1) is 0 Å². The maximum absolute atomic E-state index is 12.0. The summed E-state index contributed by atoms with van der Waals surface area (Å²) >= 11 is 1.68. The van der Waals surface area contributed by atoms with E-state index in [1.54, 1.807) is 11.8 Å². The maximum atomic E-state index is 12.0. The highest BCUT2D eigenvalue weighted by atomic mass is 32.2. The molecule has 0 bridgehead atoms. The third-order valence-corrected chi connectivity index (χ3v) is 4.70. The van der Waals surface area contributed by atoms with Crippen molar-refractivity contribution < 1.29 is 14.7 Å². The normalized spacial score (nSPS) is 20.7. The van der Waals surface area contributed by atoms with Crippen LogP contribution in [-0.4, -0.2) is 58.6 Å². The van der Waals surface area contributed by atoms with Crippen molar-refractivity contribution in [3.8, 4) is 0 Å². The maximum Gasteiger partial charge on any atom is 0.323 e. The monoisotopic (exact) mass is 272 g/mol. The summed E-state index contributed by atoms with van der Waals surface area (Å²) < 4.78 is 0. The summed E-state index contributed by atoms with van der Waals surface area (Å²) in [6.45, 7) is 1.90. The van der Waals surface area contributed by atoms with Gasteiger partial charge in [-0.3, -0.25) is 9.59 Å². The number of aliphatic carboxylic acids is 1. The molecule has 0 atom stereocenters. The molecular formula is C12H20N2O3S. The molecule has 0 aromatic heterocycles. The standard InChI is InChI=1S/C12H20N2O3S/c15-11(8-18-10-3-5-13-6-4-10)14(7-12(16)17)9-1-2-9/h9-10,13H,1-8H2,(H,16,17). The van der Waals surface area contributed by atoms with Gasteiger partial charge in [-0.2, -0.15) is 0 Å². The van der Waals surface area contributed by atoms with Crippen LogP contribution in [0.15, 0.2) is 0 Å². The number of nitrogens with one attached hydrogen (secondary N) is 1. The molecule has 0 aromatic carbocycles. The van der Waals surface area contributed by atoms with Gasteiger partial charge in [0.25, 0.3) is 0 Å². The van der Waals surface area contributed by atoms with Crippen molar-refractivity contribution >= 4 is 23.6 Å². The van der Waals surface area contributed by atoms with Crippen LogP contribution in [0.2, 0.25) is 0 Å². The highest BCUT2D eigenvalue weighted by Gasteiger charge is 2.33. The lowest BCUT2D eigenvalue weighted by atomic mass is 10.2. The average molecular weight is 272 g/mol. The van der Waals surface area contributed by atoms with Crippen molar-refractivity contribution in [1.82, 2.24) is 10.2 Å². The molecule has 18 heavy (non-hydrogen) atoms. The number of hydrogen-bond donors (Lipinski definition) is 2. The summed E-state index contributed by atoms with van der Waals surface area (Å²) in [6.07, 6.45) is 4.11. The van der Waals surface area contributed by atoms with Gasteiger partial charge < -0.3 is 15.3 Å². The fourth-order valence-electron chi connectivity index (χ4n) is 2.19. The number of carbonyl (C=O) groups excluding carboxylic acids is 1. The molecule has 0 aromatic rings. The summed E-state index contributed by atoms with van der Waals surface area (Å²) in [7, 11) is 0. The Kier molecular flexibility index (Phi) is 4.88. The first-order valence-electron chi connectivity index (χ1n) is 6.50. The Bertz CT molecular complexity index is 314. The molecule has 102 valence electrons. The minimum atomic E-state index is -0.915. The molecule has 2 fully saturated rings. The molecule has 1 aliphatic heterocycles. The fraction of sp³-hybridized carbons (Fsp3) is 0.833. The van der Waals surface area contributed by atoms with E-state index in [0.717, 1.165) is 38.8 Å². The lowest BCUT2D eigenvalue weighted by Gasteiger charge is -2.24. The SMILES string of the molecule is O=C(O)CN(C(=O)CSC1CCNCC1)C1CC1. The first-order chi connectivity index (χ1) is 8.66. The third kappa shape index (κ3) is 4.17. The summed E-state index contributed by atoms with van der Waals surface area (Å²) in [5, 5.41) is 12.7. The number of rotatable bonds is 6. The van der Waals surface area contributed by atoms with Gasteiger partial charge in [0, 0.05) is 11.3 Å². The minimum Gasteiger partial charge on any atom is -0.480 e. The zero-order valence-electron chi connectivity index (χ0n) is 10.4. The van der Waals surface area contributed by atoms with Gasteiger partial charge >= 0.3 is 5.97 Å². The van der Waals surface area contributed by atoms with Gasteiger partial charge in [-0.1, -0.05) is 0 Å².